The number of hydrogen-bond acceptors (Lipinski definition) is 1. The third-order valence-corrected chi connectivity index (χ3v) is 5.21. The molecule has 2 nitrogen and oxygen atoms in total. The normalized spacial score (nSPS) is 18.5. The molecule has 0 amide bonds. The molecule has 0 aromatic carbocycles. The summed E-state index contributed by atoms with van der Waals surface area (Å²) >= 11 is 4.78. The van der Waals surface area contributed by atoms with Gasteiger partial charge in [-0.25, -0.2) is 0 Å². The van der Waals surface area contributed by atoms with E-state index in [1.54, 1.807) is 0 Å². The topological polar surface area (TPSA) is 38.0 Å². The van der Waals surface area contributed by atoms with Gasteiger partial charge >= 0.3 is 0 Å². The van der Waals surface area contributed by atoms with Crippen molar-refractivity contribution in [3.63, 3.8) is 0 Å². The monoisotopic (exact) mass is 280 g/mol. The van der Waals surface area contributed by atoms with Crippen LogP contribution in [0.5, 0.6) is 0 Å². The van der Waals surface area contributed by atoms with Crippen LogP contribution in [0, 0.1) is 0 Å². The Kier molecular flexibility index (Phi) is 6.44. The predicted molar refractivity (Wildman–Crippen MR) is 50.5 cm³/mol. The Morgan fingerprint density at radius 1 is 1.27 bits per heavy atom. The van der Waals surface area contributed by atoms with E-state index in [4.69, 9.17) is 18.0 Å². The van der Waals surface area contributed by atoms with Crippen LogP contribution in [0.2, 0.25) is 12.1 Å². The number of nitrogens with one attached hydrogen (secondary N) is 1. The third kappa shape index (κ3) is 4.91. The molecule has 1 heterocycles. The summed E-state index contributed by atoms with van der Waals surface area (Å²) in [6.45, 7) is 0. The summed E-state index contributed by atoms with van der Waals surface area (Å²) in [7, 11) is -0.700. The summed E-state index contributed by atoms with van der Waals surface area (Å²) in [5.74, 6) is 0. The van der Waals surface area contributed by atoms with Crippen molar-refractivity contribution >= 4 is 26.3 Å². The van der Waals surface area contributed by atoms with Gasteiger partial charge in [0.1, 0.15) is 8.96 Å². The Morgan fingerprint density at radius 3 is 2.27 bits per heavy atom. The summed E-state index contributed by atoms with van der Waals surface area (Å²) in [5, 5.41) is 0.513. The maximum absolute atomic E-state index is 5.38. The van der Waals surface area contributed by atoms with Crippen molar-refractivity contribution in [1.82, 2.24) is 4.98 Å². The van der Waals surface area contributed by atoms with Gasteiger partial charge in [0.15, 0.2) is 5.11 Å². The van der Waals surface area contributed by atoms with Crippen molar-refractivity contribution in [3.8, 4) is 0 Å². The standard InChI is InChI=1S/C6H14N2SSi.Pd/c7-6(9)8-10-4-2-1-3-5-10;/h10H,1-5H2,(H3,7,8,9);. The molecule has 0 aromatic heterocycles. The third-order valence-electron chi connectivity index (χ3n) is 1.95. The maximum Gasteiger partial charge on any atom is 0.155 e. The van der Waals surface area contributed by atoms with E-state index in [0.29, 0.717) is 5.11 Å². The number of rotatable bonds is 1. The van der Waals surface area contributed by atoms with Gasteiger partial charge in [0.05, 0.1) is 0 Å². The first-order valence-corrected chi connectivity index (χ1v) is 6.47. The molecule has 1 rings (SSSR count). The zero-order valence-corrected chi connectivity index (χ0v) is 9.94. The van der Waals surface area contributed by atoms with E-state index in [2.05, 4.69) is 4.98 Å². The molecule has 5 heteroatoms. The fourth-order valence-electron chi connectivity index (χ4n) is 1.45. The molecule has 1 aliphatic rings. The molecule has 3 N–H and O–H groups in total. The molecule has 0 spiro atoms. The quantitative estimate of drug-likeness (QED) is 0.549. The Labute approximate surface area is 88.6 Å². The molecule has 0 bridgehead atoms. The smallest absolute Gasteiger partial charge is 0.155 e. The molecule has 0 aromatic rings. The van der Waals surface area contributed by atoms with Crippen LogP contribution >= 0.6 is 12.2 Å². The molecule has 11 heavy (non-hydrogen) atoms. The van der Waals surface area contributed by atoms with Crippen molar-refractivity contribution in [1.29, 1.82) is 0 Å². The molecule has 0 atom stereocenters. The zero-order valence-electron chi connectivity index (χ0n) is 6.41. The van der Waals surface area contributed by atoms with Crippen LogP contribution < -0.4 is 10.7 Å². The van der Waals surface area contributed by atoms with Gasteiger partial charge in [0.25, 0.3) is 0 Å². The molecule has 1 fully saturated rings. The summed E-state index contributed by atoms with van der Waals surface area (Å²) in [6, 6.07) is 2.74. The van der Waals surface area contributed by atoms with E-state index in [1.165, 1.54) is 31.4 Å². The van der Waals surface area contributed by atoms with Gasteiger partial charge < -0.3 is 10.7 Å². The van der Waals surface area contributed by atoms with Crippen molar-refractivity contribution in [2.24, 2.45) is 5.73 Å². The first-order valence-electron chi connectivity index (χ1n) is 3.85. The average Bonchev–Trinajstić information content (AvgIpc) is 1.88. The van der Waals surface area contributed by atoms with Crippen LogP contribution in [0.4, 0.5) is 0 Å². The fraction of sp³-hybridized carbons (Fsp3) is 0.833. The van der Waals surface area contributed by atoms with Crippen LogP contribution in [0.15, 0.2) is 0 Å². The van der Waals surface area contributed by atoms with Crippen molar-refractivity contribution < 1.29 is 20.4 Å². The van der Waals surface area contributed by atoms with E-state index in [-0.39, 0.29) is 20.4 Å². The second-order valence-corrected chi connectivity index (χ2v) is 6.12. The summed E-state index contributed by atoms with van der Waals surface area (Å²) in [6.07, 6.45) is 4.17. The molecule has 0 radical (unpaired) electrons. The summed E-state index contributed by atoms with van der Waals surface area (Å²) < 4.78 is 0. The average molecular weight is 281 g/mol. The van der Waals surface area contributed by atoms with E-state index < -0.39 is 8.96 Å². The van der Waals surface area contributed by atoms with Crippen molar-refractivity contribution in [2.45, 2.75) is 31.4 Å². The molecule has 68 valence electrons. The van der Waals surface area contributed by atoms with Crippen LogP contribution in [-0.4, -0.2) is 14.1 Å². The van der Waals surface area contributed by atoms with Gasteiger partial charge in [-0.1, -0.05) is 19.3 Å². The molecule has 0 saturated carbocycles. The van der Waals surface area contributed by atoms with E-state index in [1.807, 2.05) is 0 Å². The second kappa shape index (κ2) is 6.13. The number of nitrogens with two attached hydrogens (primary N) is 1. The number of hydrogen-bond donors (Lipinski definition) is 2. The van der Waals surface area contributed by atoms with E-state index in [0.717, 1.165) is 0 Å². The van der Waals surface area contributed by atoms with Gasteiger partial charge in [-0.05, 0) is 24.3 Å². The Morgan fingerprint density at radius 2 is 1.82 bits per heavy atom. The molecular weight excluding hydrogens is 267 g/mol. The van der Waals surface area contributed by atoms with Gasteiger partial charge in [0.2, 0.25) is 0 Å². The first kappa shape index (κ1) is 11.6. The molecule has 1 aliphatic heterocycles. The van der Waals surface area contributed by atoms with Crippen LogP contribution in [0.3, 0.4) is 0 Å². The predicted octanol–water partition coefficient (Wildman–Crippen LogP) is 0.725. The second-order valence-electron chi connectivity index (χ2n) is 2.84. The fourth-order valence-corrected chi connectivity index (χ4v) is 4.49. The Balaban J connectivity index is 0.000001000. The minimum Gasteiger partial charge on any atom is -0.391 e. The van der Waals surface area contributed by atoms with Gasteiger partial charge in [0, 0.05) is 20.4 Å². The largest absolute Gasteiger partial charge is 0.391 e. The SMILES string of the molecule is NC(=S)N[SiH]1CCCCC1.[Pd]. The van der Waals surface area contributed by atoms with Gasteiger partial charge in [-0.3, -0.25) is 0 Å². The van der Waals surface area contributed by atoms with Crippen LogP contribution in [0.25, 0.3) is 0 Å². The zero-order chi connectivity index (χ0) is 7.40. The molecule has 1 saturated heterocycles. The molecule has 0 aliphatic carbocycles. The van der Waals surface area contributed by atoms with Gasteiger partial charge in [-0.2, -0.15) is 0 Å². The van der Waals surface area contributed by atoms with Crippen LogP contribution in [-0.2, 0) is 20.4 Å². The van der Waals surface area contributed by atoms with Crippen LogP contribution in [0.1, 0.15) is 19.3 Å². The number of thiocarbonyl (C=S) groups is 1. The Bertz CT molecular complexity index is 128. The van der Waals surface area contributed by atoms with E-state index >= 15 is 0 Å². The first-order chi connectivity index (χ1) is 4.79. The van der Waals surface area contributed by atoms with Crippen molar-refractivity contribution in [2.75, 3.05) is 0 Å². The minimum atomic E-state index is -0.700. The minimum absolute atomic E-state index is 0. The van der Waals surface area contributed by atoms with Crippen molar-refractivity contribution in [3.05, 3.63) is 0 Å². The maximum atomic E-state index is 5.38. The molecular formula is C6H14N2PdSSi. The Hall–Kier alpha value is 0.569. The molecule has 0 unspecified atom stereocenters. The van der Waals surface area contributed by atoms with E-state index in [9.17, 15) is 0 Å². The summed E-state index contributed by atoms with van der Waals surface area (Å²) in [4.78, 5) is 3.23. The summed E-state index contributed by atoms with van der Waals surface area (Å²) in [5.41, 5.74) is 5.38. The van der Waals surface area contributed by atoms with Gasteiger partial charge in [-0.15, -0.1) is 0 Å².